The molecule has 0 fully saturated rings. The van der Waals surface area contributed by atoms with Crippen LogP contribution in [0.1, 0.15) is 52.7 Å². The number of nitriles is 3. The molecule has 9 aromatic carbocycles. The number of H-pyrrole nitrogens is 1. The minimum Gasteiger partial charge on any atom is -0.489 e. The highest BCUT2D eigenvalue weighted by Crippen LogP contribution is 2.34. The van der Waals surface area contributed by atoms with Gasteiger partial charge in [0.25, 0.3) is 34.8 Å². The van der Waals surface area contributed by atoms with Gasteiger partial charge in [-0.2, -0.15) is 0 Å². The Morgan fingerprint density at radius 3 is 1.25 bits per heavy atom. The molecule has 0 unspecified atom stereocenters. The van der Waals surface area contributed by atoms with E-state index in [2.05, 4.69) is 95.5 Å². The molecule has 24 heteroatoms. The summed E-state index contributed by atoms with van der Waals surface area (Å²) in [6.07, 6.45) is 26.9. The molecule has 19 rings (SSSR count). The summed E-state index contributed by atoms with van der Waals surface area (Å²) in [5.41, 5.74) is 21.6. The standard InChI is InChI=1S/C22H17NO2.C17H13N3O.C17H11N3O.C14H9N3O.C13H13N3.C13H11N3.C10H8N2O/c1-2-16-7-9-17(10-8-16)15-24-19-13-11-18(12-14-19)22-23-20-5-3-4-6-21(20)25-22;2*1-2-11-20-14-9-5-3-7-12(14)18-16(20)17-19-13-8-4-6-10-15(13)21-17;1-2-6-10-9(5-1)15-13(16-10)14-17-11-7-3-4-8-12(11)18-14;2*1-5-6-16-10(2)7-12(8-11(16)3)13(9-14)15-4;1-7-4-9(5-8(2)13-7)10(6-11)12-3/h2-14H,1,15H2;2-10H,1,11H2;1,3-10H,11H2;1-8H,(H,15,16);5,7-8H,1,6H2,2-3H3;1,7-8H,6H2,2-3H3;4-5H,1-2H3. The Labute approximate surface area is 750 Å². The molecule has 632 valence electrons. The number of fused-ring (bicyclic) bond motifs is 7. The van der Waals surface area contributed by atoms with Gasteiger partial charge in [0.05, 0.1) is 95.6 Å². The van der Waals surface area contributed by atoms with Crippen LogP contribution in [0.3, 0.4) is 0 Å². The molecular weight excluding hydrogens is 1620 g/mol. The van der Waals surface area contributed by atoms with E-state index in [-0.39, 0.29) is 17.1 Å². The van der Waals surface area contributed by atoms with Crippen molar-refractivity contribution in [1.29, 1.82) is 15.8 Å². The second kappa shape index (κ2) is 42.5. The van der Waals surface area contributed by atoms with Crippen molar-refractivity contribution in [1.82, 2.24) is 58.8 Å². The van der Waals surface area contributed by atoms with Gasteiger partial charge < -0.3 is 51.1 Å². The van der Waals surface area contributed by atoms with E-state index in [0.717, 1.165) is 135 Å². The smallest absolute Gasteiger partial charge is 0.269 e. The molecule has 0 saturated heterocycles. The number of nitrogens with one attached hydrogen (secondary N) is 1. The minimum atomic E-state index is 0.0991. The zero-order chi connectivity index (χ0) is 91.6. The van der Waals surface area contributed by atoms with Crippen LogP contribution in [0.15, 0.2) is 373 Å². The number of benzene rings is 9. The van der Waals surface area contributed by atoms with Gasteiger partial charge in [-0.15, -0.1) is 26.0 Å². The van der Waals surface area contributed by atoms with E-state index >= 15 is 0 Å². The molecule has 0 amide bonds. The predicted octanol–water partition coefficient (Wildman–Crippen LogP) is 24.5. The second-order valence-corrected chi connectivity index (χ2v) is 28.9. The lowest BCUT2D eigenvalue weighted by molar-refractivity contribution is 0.304. The van der Waals surface area contributed by atoms with E-state index in [0.29, 0.717) is 89.7 Å². The van der Waals surface area contributed by atoms with E-state index in [1.807, 2.05) is 304 Å². The van der Waals surface area contributed by atoms with Gasteiger partial charge in [0.1, 0.15) is 34.4 Å². The SMILES string of the molecule is C#CCn1c(-c2nc3ccccc3o2)nc2ccccc21.C=CCn1c(-c2nc3ccccc3o2)nc2ccccc21.C=Cc1ccc(COc2ccc(-c3nc4ccccc4o3)cc2)cc1.[C-]#[N+]C(C#N)=C1C=C(C)N(CC#C)C(C)=C1.[C-]#[N+]C(C#N)=C1C=C(C)N(CC=C)C(C)=C1.[C-]#[N+]C(C#N)=C1C=C(C)OC(C)=C1.c1ccc2[nH]c(-c3nc4ccccc4o3)nc2c1. The first-order chi connectivity index (χ1) is 63.4. The van der Waals surface area contributed by atoms with Crippen molar-refractivity contribution in [2.24, 2.45) is 0 Å². The fraction of sp³-hybridized carbons (Fsp3) is 0.104. The van der Waals surface area contributed by atoms with Crippen LogP contribution in [0.5, 0.6) is 5.75 Å². The van der Waals surface area contributed by atoms with Gasteiger partial charge in [-0.05, 0) is 215 Å². The maximum absolute atomic E-state index is 8.81. The maximum atomic E-state index is 8.81. The third kappa shape index (κ3) is 21.4. The molecule has 10 heterocycles. The van der Waals surface area contributed by atoms with Gasteiger partial charge in [0.15, 0.2) is 39.8 Å². The number of nitrogens with zero attached hydrogens (tertiary/aromatic N) is 17. The fourth-order valence-corrected chi connectivity index (χ4v) is 13.9. The summed E-state index contributed by atoms with van der Waals surface area (Å²) >= 11 is 0. The number of imidazole rings is 3. The van der Waals surface area contributed by atoms with Crippen molar-refractivity contribution in [2.45, 2.75) is 61.2 Å². The minimum absolute atomic E-state index is 0.0991. The Kier molecular flexibility index (Phi) is 29.1. The number of hydrogen-bond acceptors (Lipinski definition) is 18. The number of rotatable bonds is 14. The summed E-state index contributed by atoms with van der Waals surface area (Å²) < 4.78 is 38.2. The van der Waals surface area contributed by atoms with Crippen molar-refractivity contribution >= 4 is 83.6 Å². The number of aromatic amines is 1. The average molecular weight is 1700 g/mol. The lowest BCUT2D eigenvalue weighted by atomic mass is 10.1. The van der Waals surface area contributed by atoms with Gasteiger partial charge in [0.2, 0.25) is 5.89 Å². The number of oxazole rings is 4. The maximum Gasteiger partial charge on any atom is 0.269 e. The number of aromatic nitrogens is 10. The molecule has 0 bridgehead atoms. The molecule has 1 N–H and O–H groups in total. The highest BCUT2D eigenvalue weighted by molar-refractivity contribution is 5.85. The number of terminal acetylenes is 2. The molecule has 0 atom stereocenters. The van der Waals surface area contributed by atoms with Crippen molar-refractivity contribution in [3.63, 3.8) is 0 Å². The van der Waals surface area contributed by atoms with E-state index < -0.39 is 0 Å². The molecule has 0 radical (unpaired) electrons. The summed E-state index contributed by atoms with van der Waals surface area (Å²) in [6, 6.07) is 76.1. The second-order valence-electron chi connectivity index (χ2n) is 28.9. The van der Waals surface area contributed by atoms with Gasteiger partial charge in [-0.25, -0.2) is 65.2 Å². The van der Waals surface area contributed by atoms with E-state index in [4.69, 9.17) is 75.5 Å². The van der Waals surface area contributed by atoms with Crippen LogP contribution >= 0.6 is 0 Å². The summed E-state index contributed by atoms with van der Waals surface area (Å²) in [7, 11) is 0. The van der Waals surface area contributed by atoms with Crippen LogP contribution < -0.4 is 4.74 Å². The monoisotopic (exact) mass is 1700 g/mol. The number of hydrogen-bond donors (Lipinski definition) is 1. The molecule has 7 aromatic heterocycles. The summed E-state index contributed by atoms with van der Waals surface area (Å²) in [5.74, 6) is 11.7. The van der Waals surface area contributed by atoms with Crippen molar-refractivity contribution in [2.75, 3.05) is 13.1 Å². The summed E-state index contributed by atoms with van der Waals surface area (Å²) in [5, 5.41) is 26.2. The average Bonchev–Trinajstić information content (AvgIpc) is 1.62. The number of ether oxygens (including phenoxy) is 2. The Bertz CT molecular complexity index is 7320. The lowest BCUT2D eigenvalue weighted by Gasteiger charge is -2.28. The largest absolute Gasteiger partial charge is 0.489 e. The van der Waals surface area contributed by atoms with Crippen LogP contribution in [0, 0.1) is 78.4 Å². The summed E-state index contributed by atoms with van der Waals surface area (Å²) in [6.45, 7) is 46.0. The molecular formula is C106H82N18O6. The molecule has 16 aromatic rings. The Hall–Kier alpha value is -18.6. The third-order valence-electron chi connectivity index (χ3n) is 20.0. The summed E-state index contributed by atoms with van der Waals surface area (Å²) in [4.78, 5) is 48.5. The Morgan fingerprint density at radius 2 is 0.815 bits per heavy atom. The normalized spacial score (nSPS) is 12.2. The highest BCUT2D eigenvalue weighted by atomic mass is 16.5. The molecule has 3 aliphatic rings. The van der Waals surface area contributed by atoms with Gasteiger partial charge in [0, 0.05) is 41.4 Å². The first kappa shape index (κ1) is 89.2. The first-order valence-corrected chi connectivity index (χ1v) is 40.6. The van der Waals surface area contributed by atoms with Gasteiger partial charge >= 0.3 is 0 Å². The molecule has 0 aliphatic carbocycles. The Balaban J connectivity index is 0.000000130. The van der Waals surface area contributed by atoms with Crippen LogP contribution in [-0.2, 0) is 24.4 Å². The first-order valence-electron chi connectivity index (χ1n) is 40.6. The van der Waals surface area contributed by atoms with E-state index in [9.17, 15) is 0 Å². The van der Waals surface area contributed by atoms with Crippen LogP contribution in [0.25, 0.3) is 145 Å². The predicted molar refractivity (Wildman–Crippen MR) is 508 cm³/mol. The lowest BCUT2D eigenvalue weighted by Crippen LogP contribution is -2.22. The fourth-order valence-electron chi connectivity index (χ4n) is 13.9. The van der Waals surface area contributed by atoms with Gasteiger partial charge in [-0.1, -0.05) is 146 Å². The van der Waals surface area contributed by atoms with Crippen molar-refractivity contribution in [3.8, 4) is 95.2 Å². The molecule has 0 spiro atoms. The highest BCUT2D eigenvalue weighted by Gasteiger charge is 2.22. The molecule has 24 nitrogen and oxygen atoms in total. The Morgan fingerprint density at radius 1 is 0.423 bits per heavy atom. The number of para-hydroxylation sites is 14. The zero-order valence-corrected chi connectivity index (χ0v) is 71.8. The molecule has 0 saturated carbocycles. The molecule has 3 aliphatic heterocycles. The van der Waals surface area contributed by atoms with E-state index in [1.165, 1.54) is 0 Å². The topological polar surface area (TPSA) is 278 Å². The third-order valence-corrected chi connectivity index (χ3v) is 20.0. The quantitative estimate of drug-likeness (QED) is 0.0458. The van der Waals surface area contributed by atoms with Crippen LogP contribution in [0.2, 0.25) is 0 Å². The van der Waals surface area contributed by atoms with Crippen LogP contribution in [-0.4, -0.2) is 71.9 Å². The van der Waals surface area contributed by atoms with Crippen molar-refractivity contribution in [3.05, 3.63) is 400 Å². The number of allylic oxidation sites excluding steroid dienone is 19. The molecule has 130 heavy (non-hydrogen) atoms. The van der Waals surface area contributed by atoms with Crippen molar-refractivity contribution < 1.29 is 27.1 Å². The zero-order valence-electron chi connectivity index (χ0n) is 71.8. The van der Waals surface area contributed by atoms with E-state index in [1.54, 1.807) is 38.2 Å². The van der Waals surface area contributed by atoms with Gasteiger partial charge in [-0.3, -0.25) is 0 Å². The van der Waals surface area contributed by atoms with Crippen LogP contribution in [0.4, 0.5) is 0 Å².